The summed E-state index contributed by atoms with van der Waals surface area (Å²) < 4.78 is 0. The standard InChI is InChI=1S/C8H15NO4/c1-2-9-6(8(12)13)4-3-5-7(10)11/h6,9H,2-5H2,1H3,(H,10,11)(H,12,13). The largest absolute Gasteiger partial charge is 0.481 e. The number of hydrogen-bond acceptors (Lipinski definition) is 3. The van der Waals surface area contributed by atoms with Crippen molar-refractivity contribution in [1.82, 2.24) is 5.32 Å². The Morgan fingerprint density at radius 2 is 2.00 bits per heavy atom. The monoisotopic (exact) mass is 189 g/mol. The van der Waals surface area contributed by atoms with Crippen LogP contribution in [0.1, 0.15) is 26.2 Å². The number of hydrogen-bond donors (Lipinski definition) is 3. The van der Waals surface area contributed by atoms with Crippen LogP contribution in [0.15, 0.2) is 0 Å². The van der Waals surface area contributed by atoms with Crippen LogP contribution >= 0.6 is 0 Å². The average Bonchev–Trinajstić information content (AvgIpc) is 2.02. The first-order valence-electron chi connectivity index (χ1n) is 4.26. The van der Waals surface area contributed by atoms with Crippen LogP contribution in [0, 0.1) is 0 Å². The quantitative estimate of drug-likeness (QED) is 0.536. The highest BCUT2D eigenvalue weighted by atomic mass is 16.4. The maximum Gasteiger partial charge on any atom is 0.320 e. The molecule has 0 heterocycles. The van der Waals surface area contributed by atoms with Crippen molar-refractivity contribution in [1.29, 1.82) is 0 Å². The van der Waals surface area contributed by atoms with Gasteiger partial charge in [0.15, 0.2) is 0 Å². The minimum Gasteiger partial charge on any atom is -0.481 e. The Kier molecular flexibility index (Phi) is 5.88. The molecular formula is C8H15NO4. The maximum atomic E-state index is 10.6. The van der Waals surface area contributed by atoms with E-state index in [9.17, 15) is 9.59 Å². The molecule has 5 nitrogen and oxygen atoms in total. The molecule has 0 amide bonds. The third-order valence-corrected chi connectivity index (χ3v) is 1.63. The van der Waals surface area contributed by atoms with Crippen LogP contribution in [0.2, 0.25) is 0 Å². The molecule has 0 fully saturated rings. The van der Waals surface area contributed by atoms with Crippen LogP contribution < -0.4 is 5.32 Å². The molecule has 0 aliphatic carbocycles. The summed E-state index contributed by atoms with van der Waals surface area (Å²) in [5.41, 5.74) is 0. The molecule has 3 N–H and O–H groups in total. The number of rotatable bonds is 7. The molecule has 0 aromatic carbocycles. The highest BCUT2D eigenvalue weighted by Crippen LogP contribution is 2.01. The maximum absolute atomic E-state index is 10.6. The summed E-state index contributed by atoms with van der Waals surface area (Å²) in [6, 6.07) is -0.621. The van der Waals surface area contributed by atoms with Gasteiger partial charge in [-0.05, 0) is 19.4 Å². The second-order valence-electron chi connectivity index (χ2n) is 2.73. The molecule has 0 aromatic heterocycles. The summed E-state index contributed by atoms with van der Waals surface area (Å²) >= 11 is 0. The van der Waals surface area contributed by atoms with E-state index in [1.807, 2.05) is 6.92 Å². The molecule has 0 aliphatic rings. The van der Waals surface area contributed by atoms with E-state index in [0.29, 0.717) is 19.4 Å². The highest BCUT2D eigenvalue weighted by Gasteiger charge is 2.15. The lowest BCUT2D eigenvalue weighted by Gasteiger charge is -2.11. The van der Waals surface area contributed by atoms with E-state index in [1.165, 1.54) is 0 Å². The fourth-order valence-electron chi connectivity index (χ4n) is 1.02. The fourth-order valence-corrected chi connectivity index (χ4v) is 1.02. The lowest BCUT2D eigenvalue weighted by molar-refractivity contribution is -0.141. The molecule has 0 bridgehead atoms. The average molecular weight is 189 g/mol. The van der Waals surface area contributed by atoms with Crippen LogP contribution in [0.25, 0.3) is 0 Å². The first-order valence-corrected chi connectivity index (χ1v) is 4.26. The van der Waals surface area contributed by atoms with Crippen LogP contribution in [-0.2, 0) is 9.59 Å². The second kappa shape index (κ2) is 6.42. The minimum atomic E-state index is -0.924. The molecule has 1 atom stereocenters. The van der Waals surface area contributed by atoms with Gasteiger partial charge in [-0.2, -0.15) is 0 Å². The SMILES string of the molecule is CCNC(CCCC(=O)O)C(=O)O. The zero-order chi connectivity index (χ0) is 10.3. The second-order valence-corrected chi connectivity index (χ2v) is 2.73. The molecule has 0 saturated heterocycles. The third-order valence-electron chi connectivity index (χ3n) is 1.63. The zero-order valence-electron chi connectivity index (χ0n) is 7.62. The van der Waals surface area contributed by atoms with Crippen LogP contribution in [0.4, 0.5) is 0 Å². The van der Waals surface area contributed by atoms with Gasteiger partial charge in [-0.1, -0.05) is 6.92 Å². The lowest BCUT2D eigenvalue weighted by Crippen LogP contribution is -2.36. The molecule has 5 heteroatoms. The Morgan fingerprint density at radius 3 is 2.38 bits per heavy atom. The third kappa shape index (κ3) is 6.10. The number of likely N-dealkylation sites (N-methyl/N-ethyl adjacent to an activating group) is 1. The highest BCUT2D eigenvalue weighted by molar-refractivity contribution is 5.73. The molecule has 0 aromatic rings. The van der Waals surface area contributed by atoms with E-state index < -0.39 is 18.0 Å². The van der Waals surface area contributed by atoms with Gasteiger partial charge in [0, 0.05) is 6.42 Å². The molecular weight excluding hydrogens is 174 g/mol. The number of nitrogens with one attached hydrogen (secondary N) is 1. The number of aliphatic carboxylic acids is 2. The van der Waals surface area contributed by atoms with E-state index in [0.717, 1.165) is 0 Å². The van der Waals surface area contributed by atoms with Crippen molar-refractivity contribution in [2.45, 2.75) is 32.2 Å². The van der Waals surface area contributed by atoms with Crippen LogP contribution in [0.3, 0.4) is 0 Å². The number of carboxylic acids is 2. The minimum absolute atomic E-state index is 0.0230. The summed E-state index contributed by atoms with van der Waals surface area (Å²) in [4.78, 5) is 20.7. The van der Waals surface area contributed by atoms with Gasteiger partial charge in [-0.25, -0.2) is 0 Å². The van der Waals surface area contributed by atoms with E-state index >= 15 is 0 Å². The summed E-state index contributed by atoms with van der Waals surface area (Å²) in [7, 11) is 0. The topological polar surface area (TPSA) is 86.6 Å². The summed E-state index contributed by atoms with van der Waals surface area (Å²) in [6.45, 7) is 2.39. The van der Waals surface area contributed by atoms with E-state index in [1.54, 1.807) is 0 Å². The van der Waals surface area contributed by atoms with Crippen molar-refractivity contribution in [2.75, 3.05) is 6.54 Å². The van der Waals surface area contributed by atoms with Crippen molar-refractivity contribution in [3.63, 3.8) is 0 Å². The van der Waals surface area contributed by atoms with Crippen molar-refractivity contribution >= 4 is 11.9 Å². The van der Waals surface area contributed by atoms with Crippen molar-refractivity contribution < 1.29 is 19.8 Å². The van der Waals surface area contributed by atoms with Gasteiger partial charge in [-0.3, -0.25) is 9.59 Å². The molecule has 13 heavy (non-hydrogen) atoms. The molecule has 0 spiro atoms. The van der Waals surface area contributed by atoms with Crippen molar-refractivity contribution in [2.24, 2.45) is 0 Å². The predicted octanol–water partition coefficient (Wildman–Crippen LogP) is 0.304. The van der Waals surface area contributed by atoms with Gasteiger partial charge < -0.3 is 15.5 Å². The first-order chi connectivity index (χ1) is 6.07. The number of carbonyl (C=O) groups is 2. The summed E-state index contributed by atoms with van der Waals surface area (Å²) in [6.07, 6.45) is 0.768. The lowest BCUT2D eigenvalue weighted by atomic mass is 10.1. The Labute approximate surface area is 76.8 Å². The number of carboxylic acid groups (broad SMARTS) is 2. The molecule has 0 radical (unpaired) electrons. The predicted molar refractivity (Wildman–Crippen MR) is 46.6 cm³/mol. The van der Waals surface area contributed by atoms with Gasteiger partial charge in [0.1, 0.15) is 6.04 Å². The smallest absolute Gasteiger partial charge is 0.320 e. The van der Waals surface area contributed by atoms with Crippen LogP contribution in [-0.4, -0.2) is 34.7 Å². The fraction of sp³-hybridized carbons (Fsp3) is 0.750. The Balaban J connectivity index is 3.69. The molecule has 76 valence electrons. The zero-order valence-corrected chi connectivity index (χ0v) is 7.62. The van der Waals surface area contributed by atoms with Gasteiger partial charge in [0.2, 0.25) is 0 Å². The van der Waals surface area contributed by atoms with Crippen molar-refractivity contribution in [3.05, 3.63) is 0 Å². The first kappa shape index (κ1) is 11.9. The molecule has 0 saturated carbocycles. The normalized spacial score (nSPS) is 12.4. The Morgan fingerprint density at radius 1 is 1.38 bits per heavy atom. The Bertz CT molecular complexity index is 181. The Hall–Kier alpha value is -1.10. The van der Waals surface area contributed by atoms with Crippen molar-refractivity contribution in [3.8, 4) is 0 Å². The van der Waals surface area contributed by atoms with Gasteiger partial charge in [0.25, 0.3) is 0 Å². The van der Waals surface area contributed by atoms with Gasteiger partial charge in [-0.15, -0.1) is 0 Å². The molecule has 1 unspecified atom stereocenters. The molecule has 0 rings (SSSR count). The summed E-state index contributed by atoms with van der Waals surface area (Å²) in [5.74, 6) is -1.81. The van der Waals surface area contributed by atoms with Gasteiger partial charge in [0.05, 0.1) is 0 Å². The van der Waals surface area contributed by atoms with E-state index in [-0.39, 0.29) is 6.42 Å². The van der Waals surface area contributed by atoms with E-state index in [4.69, 9.17) is 10.2 Å². The van der Waals surface area contributed by atoms with Crippen LogP contribution in [0.5, 0.6) is 0 Å². The van der Waals surface area contributed by atoms with E-state index in [2.05, 4.69) is 5.32 Å². The summed E-state index contributed by atoms with van der Waals surface area (Å²) in [5, 5.41) is 19.8. The van der Waals surface area contributed by atoms with Gasteiger partial charge >= 0.3 is 11.9 Å². The molecule has 0 aliphatic heterocycles.